The van der Waals surface area contributed by atoms with E-state index < -0.39 is 5.82 Å². The molecular weight excluding hydrogens is 299 g/mol. The zero-order valence-electron chi connectivity index (χ0n) is 13.4. The molecule has 0 saturated carbocycles. The van der Waals surface area contributed by atoms with Crippen molar-refractivity contribution in [2.45, 2.75) is 18.9 Å². The van der Waals surface area contributed by atoms with E-state index in [4.69, 9.17) is 4.74 Å². The van der Waals surface area contributed by atoms with Gasteiger partial charge in [-0.15, -0.1) is 0 Å². The van der Waals surface area contributed by atoms with E-state index in [1.807, 2.05) is 4.90 Å². The van der Waals surface area contributed by atoms with Gasteiger partial charge >= 0.3 is 0 Å². The van der Waals surface area contributed by atoms with Crippen LogP contribution < -0.4 is 9.64 Å². The van der Waals surface area contributed by atoms with Gasteiger partial charge < -0.3 is 14.5 Å². The number of ether oxygens (including phenoxy) is 1. The van der Waals surface area contributed by atoms with Crippen molar-refractivity contribution in [2.75, 3.05) is 32.6 Å². The number of likely N-dealkylation sites (N-methyl/N-ethyl adjacent to an activating group) is 1. The molecule has 1 unspecified atom stereocenters. The molecule has 1 fully saturated rings. The molecule has 1 aliphatic heterocycles. The number of aromatic nitrogens is 2. The fourth-order valence-electron chi connectivity index (χ4n) is 3.00. The lowest BCUT2D eigenvalue weighted by atomic mass is 10.1. The van der Waals surface area contributed by atoms with Gasteiger partial charge in [0, 0.05) is 32.1 Å². The molecule has 0 radical (unpaired) electrons. The molecule has 2 heterocycles. The number of rotatable bonds is 3. The van der Waals surface area contributed by atoms with Gasteiger partial charge in [0.05, 0.1) is 12.6 Å². The summed E-state index contributed by atoms with van der Waals surface area (Å²) in [5.74, 6) is 0.365. The maximum atomic E-state index is 13.9. The van der Waals surface area contributed by atoms with Crippen LogP contribution in [0.25, 0.3) is 10.9 Å². The molecule has 7 heteroatoms. The topological polar surface area (TPSA) is 58.6 Å². The third kappa shape index (κ3) is 2.67. The first-order valence-corrected chi connectivity index (χ1v) is 7.49. The molecule has 6 nitrogen and oxygen atoms in total. The number of methoxy groups -OCH3 is 1. The highest BCUT2D eigenvalue weighted by atomic mass is 19.1. The fourth-order valence-corrected chi connectivity index (χ4v) is 3.00. The van der Waals surface area contributed by atoms with Gasteiger partial charge in [0.15, 0.2) is 11.6 Å². The molecule has 0 bridgehead atoms. The highest BCUT2D eigenvalue weighted by Crippen LogP contribution is 2.33. The number of hydrogen-bond acceptors (Lipinski definition) is 5. The first-order valence-electron chi connectivity index (χ1n) is 7.49. The predicted octanol–water partition coefficient (Wildman–Crippen LogP) is 1.83. The minimum atomic E-state index is -0.466. The van der Waals surface area contributed by atoms with Crippen LogP contribution in [0.2, 0.25) is 0 Å². The quantitative estimate of drug-likeness (QED) is 0.864. The number of carbonyl (C=O) groups is 1. The third-order valence-electron chi connectivity index (χ3n) is 4.14. The molecule has 1 aromatic heterocycles. The zero-order valence-corrected chi connectivity index (χ0v) is 13.4. The van der Waals surface area contributed by atoms with Crippen molar-refractivity contribution in [1.29, 1.82) is 0 Å². The minimum Gasteiger partial charge on any atom is -0.494 e. The van der Waals surface area contributed by atoms with Crippen LogP contribution in [0.4, 0.5) is 10.2 Å². The fraction of sp³-hybridized carbons (Fsp3) is 0.438. The average Bonchev–Trinajstić information content (AvgIpc) is 3.01. The third-order valence-corrected chi connectivity index (χ3v) is 4.14. The second-order valence-electron chi connectivity index (χ2n) is 5.79. The van der Waals surface area contributed by atoms with Crippen LogP contribution in [0, 0.1) is 5.82 Å². The standard InChI is InChI=1S/C16H19FN4O2/c1-20(2)16(22)13-5-4-6-21(13)15-10-7-14(23-3)11(17)8-12(10)18-9-19-15/h7-9,13H,4-6H2,1-3H3. The molecule has 23 heavy (non-hydrogen) atoms. The van der Waals surface area contributed by atoms with Gasteiger partial charge in [0.25, 0.3) is 0 Å². The molecule has 1 saturated heterocycles. The van der Waals surface area contributed by atoms with E-state index >= 15 is 0 Å². The van der Waals surface area contributed by atoms with E-state index in [1.54, 1.807) is 25.1 Å². The molecule has 3 rings (SSSR count). The second kappa shape index (κ2) is 5.98. The summed E-state index contributed by atoms with van der Waals surface area (Å²) in [6.45, 7) is 0.732. The van der Waals surface area contributed by atoms with E-state index in [2.05, 4.69) is 9.97 Å². The second-order valence-corrected chi connectivity index (χ2v) is 5.79. The van der Waals surface area contributed by atoms with Gasteiger partial charge in [0.2, 0.25) is 5.91 Å². The van der Waals surface area contributed by atoms with Crippen LogP contribution >= 0.6 is 0 Å². The number of nitrogens with zero attached hydrogens (tertiary/aromatic N) is 4. The van der Waals surface area contributed by atoms with Crippen molar-refractivity contribution in [2.24, 2.45) is 0 Å². The summed E-state index contributed by atoms with van der Waals surface area (Å²) in [7, 11) is 4.91. The lowest BCUT2D eigenvalue weighted by Crippen LogP contribution is -2.43. The number of amides is 1. The van der Waals surface area contributed by atoms with E-state index in [0.717, 1.165) is 19.4 Å². The largest absolute Gasteiger partial charge is 0.494 e. The van der Waals surface area contributed by atoms with Crippen molar-refractivity contribution < 1.29 is 13.9 Å². The van der Waals surface area contributed by atoms with E-state index in [-0.39, 0.29) is 17.7 Å². The van der Waals surface area contributed by atoms with Crippen LogP contribution in [0.15, 0.2) is 18.5 Å². The van der Waals surface area contributed by atoms with Crippen molar-refractivity contribution >= 4 is 22.6 Å². The molecule has 1 aliphatic rings. The summed E-state index contributed by atoms with van der Waals surface area (Å²) >= 11 is 0. The first-order chi connectivity index (χ1) is 11.0. The zero-order chi connectivity index (χ0) is 16.6. The van der Waals surface area contributed by atoms with Gasteiger partial charge in [-0.25, -0.2) is 14.4 Å². The van der Waals surface area contributed by atoms with Crippen LogP contribution in [-0.4, -0.2) is 54.6 Å². The Labute approximate surface area is 133 Å². The minimum absolute atomic E-state index is 0.0448. The molecule has 122 valence electrons. The number of anilines is 1. The SMILES string of the molecule is COc1cc2c(N3CCCC3C(=O)N(C)C)ncnc2cc1F. The van der Waals surface area contributed by atoms with Crippen LogP contribution in [0.5, 0.6) is 5.75 Å². The highest BCUT2D eigenvalue weighted by molar-refractivity contribution is 5.94. The molecule has 0 N–H and O–H groups in total. The highest BCUT2D eigenvalue weighted by Gasteiger charge is 2.33. The summed E-state index contributed by atoms with van der Waals surface area (Å²) in [6.07, 6.45) is 3.09. The Morgan fingerprint density at radius 2 is 2.17 bits per heavy atom. The lowest BCUT2D eigenvalue weighted by molar-refractivity contribution is -0.129. The summed E-state index contributed by atoms with van der Waals surface area (Å²) < 4.78 is 18.9. The Bertz CT molecular complexity index is 750. The maximum absolute atomic E-state index is 13.9. The number of carbonyl (C=O) groups excluding carboxylic acids is 1. The Morgan fingerprint density at radius 3 is 2.87 bits per heavy atom. The smallest absolute Gasteiger partial charge is 0.244 e. The number of hydrogen-bond donors (Lipinski definition) is 0. The van der Waals surface area contributed by atoms with Gasteiger partial charge in [-0.2, -0.15) is 0 Å². The van der Waals surface area contributed by atoms with Gasteiger partial charge in [-0.05, 0) is 18.9 Å². The average molecular weight is 318 g/mol. The number of halogens is 1. The monoisotopic (exact) mass is 318 g/mol. The molecule has 1 amide bonds. The Balaban J connectivity index is 2.10. The summed E-state index contributed by atoms with van der Waals surface area (Å²) in [6, 6.07) is 2.67. The Kier molecular flexibility index (Phi) is 4.02. The van der Waals surface area contributed by atoms with Crippen molar-refractivity contribution in [3.05, 3.63) is 24.3 Å². The lowest BCUT2D eigenvalue weighted by Gasteiger charge is -2.27. The summed E-state index contributed by atoms with van der Waals surface area (Å²) in [4.78, 5) is 24.4. The first kappa shape index (κ1) is 15.5. The van der Waals surface area contributed by atoms with Crippen molar-refractivity contribution in [3.8, 4) is 5.75 Å². The summed E-state index contributed by atoms with van der Waals surface area (Å²) in [5.41, 5.74) is 0.497. The Morgan fingerprint density at radius 1 is 1.39 bits per heavy atom. The van der Waals surface area contributed by atoms with Crippen LogP contribution in [-0.2, 0) is 4.79 Å². The van der Waals surface area contributed by atoms with Gasteiger partial charge in [0.1, 0.15) is 18.2 Å². The molecule has 0 spiro atoms. The number of benzene rings is 1. The van der Waals surface area contributed by atoms with Gasteiger partial charge in [-0.3, -0.25) is 4.79 Å². The van der Waals surface area contributed by atoms with Crippen LogP contribution in [0.1, 0.15) is 12.8 Å². The molecule has 0 aliphatic carbocycles. The molecule has 1 atom stereocenters. The van der Waals surface area contributed by atoms with E-state index in [1.165, 1.54) is 19.5 Å². The molecule has 1 aromatic carbocycles. The van der Waals surface area contributed by atoms with Crippen molar-refractivity contribution in [1.82, 2.24) is 14.9 Å². The summed E-state index contributed by atoms with van der Waals surface area (Å²) in [5, 5.41) is 0.684. The molecular formula is C16H19FN4O2. The van der Waals surface area contributed by atoms with E-state index in [9.17, 15) is 9.18 Å². The Hall–Kier alpha value is -2.44. The molecule has 2 aromatic rings. The van der Waals surface area contributed by atoms with Crippen LogP contribution in [0.3, 0.4) is 0 Å². The normalized spacial score (nSPS) is 17.6. The van der Waals surface area contributed by atoms with E-state index in [0.29, 0.717) is 16.7 Å². The van der Waals surface area contributed by atoms with Crippen molar-refractivity contribution in [3.63, 3.8) is 0 Å². The predicted molar refractivity (Wildman–Crippen MR) is 85.1 cm³/mol. The maximum Gasteiger partial charge on any atom is 0.244 e. The van der Waals surface area contributed by atoms with Gasteiger partial charge in [-0.1, -0.05) is 0 Å². The number of fused-ring (bicyclic) bond motifs is 1.